The van der Waals surface area contributed by atoms with Crippen molar-refractivity contribution >= 4 is 29.0 Å². The first-order valence-corrected chi connectivity index (χ1v) is 9.97. The normalized spacial score (nSPS) is 10.3. The van der Waals surface area contributed by atoms with Gasteiger partial charge in [0.15, 0.2) is 5.78 Å². The van der Waals surface area contributed by atoms with E-state index in [-0.39, 0.29) is 18.2 Å². The number of nitrogens with one attached hydrogen (secondary N) is 2. The zero-order chi connectivity index (χ0) is 21.3. The fourth-order valence-corrected chi connectivity index (χ4v) is 3.15. The predicted molar refractivity (Wildman–Crippen MR) is 120 cm³/mol. The van der Waals surface area contributed by atoms with Crippen molar-refractivity contribution in [3.8, 4) is 5.75 Å². The van der Waals surface area contributed by atoms with Gasteiger partial charge in [-0.15, -0.1) is 0 Å². The Balaban J connectivity index is 1.56. The Morgan fingerprint density at radius 3 is 2.40 bits per heavy atom. The second-order valence-corrected chi connectivity index (χ2v) is 7.12. The Bertz CT molecular complexity index is 1000. The molecule has 0 radical (unpaired) electrons. The quantitative estimate of drug-likeness (QED) is 0.503. The molecule has 154 valence electrons. The van der Waals surface area contributed by atoms with Gasteiger partial charge in [-0.1, -0.05) is 54.1 Å². The van der Waals surface area contributed by atoms with Crippen LogP contribution in [0.5, 0.6) is 5.75 Å². The summed E-state index contributed by atoms with van der Waals surface area (Å²) in [4.78, 5) is 25.1. The third kappa shape index (κ3) is 5.84. The SMILES string of the molecule is COc1ccc(CCNC(=O)CNc2ccc(Cl)cc2C(=O)c2ccccc2)cc1. The van der Waals surface area contributed by atoms with E-state index < -0.39 is 0 Å². The van der Waals surface area contributed by atoms with Crippen LogP contribution in [-0.2, 0) is 11.2 Å². The van der Waals surface area contributed by atoms with Crippen LogP contribution >= 0.6 is 11.6 Å². The number of hydrogen-bond donors (Lipinski definition) is 2. The van der Waals surface area contributed by atoms with E-state index in [0.717, 1.165) is 11.3 Å². The summed E-state index contributed by atoms with van der Waals surface area (Å²) in [6.07, 6.45) is 0.717. The first-order chi connectivity index (χ1) is 14.6. The molecule has 5 nitrogen and oxygen atoms in total. The van der Waals surface area contributed by atoms with Crippen molar-refractivity contribution < 1.29 is 14.3 Å². The van der Waals surface area contributed by atoms with E-state index in [2.05, 4.69) is 10.6 Å². The van der Waals surface area contributed by atoms with Crippen molar-refractivity contribution in [3.63, 3.8) is 0 Å². The van der Waals surface area contributed by atoms with E-state index in [1.807, 2.05) is 30.3 Å². The van der Waals surface area contributed by atoms with Crippen molar-refractivity contribution in [2.75, 3.05) is 25.5 Å². The lowest BCUT2D eigenvalue weighted by Crippen LogP contribution is -2.31. The molecule has 0 bridgehead atoms. The van der Waals surface area contributed by atoms with Crippen molar-refractivity contribution in [1.82, 2.24) is 5.32 Å². The molecule has 0 aliphatic heterocycles. The molecular weight excluding hydrogens is 400 g/mol. The molecule has 0 saturated carbocycles. The van der Waals surface area contributed by atoms with Gasteiger partial charge in [0.1, 0.15) is 5.75 Å². The molecule has 0 aromatic heterocycles. The van der Waals surface area contributed by atoms with Crippen LogP contribution in [0.25, 0.3) is 0 Å². The largest absolute Gasteiger partial charge is 0.497 e. The molecule has 3 aromatic carbocycles. The number of rotatable bonds is 9. The highest BCUT2D eigenvalue weighted by Crippen LogP contribution is 2.23. The highest BCUT2D eigenvalue weighted by Gasteiger charge is 2.15. The molecule has 0 atom stereocenters. The summed E-state index contributed by atoms with van der Waals surface area (Å²) >= 11 is 6.09. The van der Waals surface area contributed by atoms with Crippen LogP contribution in [0.15, 0.2) is 72.8 Å². The average molecular weight is 423 g/mol. The summed E-state index contributed by atoms with van der Waals surface area (Å²) in [6.45, 7) is 0.572. The molecule has 0 heterocycles. The molecule has 3 rings (SSSR count). The molecule has 30 heavy (non-hydrogen) atoms. The van der Waals surface area contributed by atoms with Crippen LogP contribution in [0.1, 0.15) is 21.5 Å². The van der Waals surface area contributed by atoms with E-state index in [4.69, 9.17) is 16.3 Å². The molecular formula is C24H23ClN2O3. The number of amides is 1. The second kappa shape index (κ2) is 10.5. The predicted octanol–water partition coefficient (Wildman–Crippen LogP) is 4.35. The van der Waals surface area contributed by atoms with Gasteiger partial charge in [-0.05, 0) is 42.3 Å². The fourth-order valence-electron chi connectivity index (χ4n) is 2.98. The zero-order valence-electron chi connectivity index (χ0n) is 16.7. The minimum Gasteiger partial charge on any atom is -0.497 e. The van der Waals surface area contributed by atoms with Gasteiger partial charge in [-0.25, -0.2) is 0 Å². The zero-order valence-corrected chi connectivity index (χ0v) is 17.4. The Morgan fingerprint density at radius 2 is 1.70 bits per heavy atom. The van der Waals surface area contributed by atoms with E-state index in [9.17, 15) is 9.59 Å². The van der Waals surface area contributed by atoms with E-state index in [0.29, 0.717) is 34.8 Å². The number of hydrogen-bond acceptors (Lipinski definition) is 4. The Labute approximate surface area is 181 Å². The molecule has 2 N–H and O–H groups in total. The van der Waals surface area contributed by atoms with E-state index in [1.165, 1.54) is 0 Å². The summed E-state index contributed by atoms with van der Waals surface area (Å²) in [5.41, 5.74) is 2.67. The fraction of sp³-hybridized carbons (Fsp3) is 0.167. The van der Waals surface area contributed by atoms with Crippen LogP contribution in [0.2, 0.25) is 5.02 Å². The minimum atomic E-state index is -0.156. The average Bonchev–Trinajstić information content (AvgIpc) is 2.78. The van der Waals surface area contributed by atoms with E-state index >= 15 is 0 Å². The highest BCUT2D eigenvalue weighted by atomic mass is 35.5. The van der Waals surface area contributed by atoms with Gasteiger partial charge in [0.2, 0.25) is 5.91 Å². The van der Waals surface area contributed by atoms with Crippen LogP contribution in [0.3, 0.4) is 0 Å². The minimum absolute atomic E-state index is 0.0549. The summed E-state index contributed by atoms with van der Waals surface area (Å²) in [5.74, 6) is 0.493. The highest BCUT2D eigenvalue weighted by molar-refractivity contribution is 6.31. The lowest BCUT2D eigenvalue weighted by molar-refractivity contribution is -0.119. The summed E-state index contributed by atoms with van der Waals surface area (Å²) in [7, 11) is 1.63. The Kier molecular flexibility index (Phi) is 7.46. The summed E-state index contributed by atoms with van der Waals surface area (Å²) < 4.78 is 5.14. The van der Waals surface area contributed by atoms with Gasteiger partial charge in [0.05, 0.1) is 13.7 Å². The van der Waals surface area contributed by atoms with Crippen molar-refractivity contribution in [3.05, 3.63) is 94.5 Å². The smallest absolute Gasteiger partial charge is 0.239 e. The van der Waals surface area contributed by atoms with Gasteiger partial charge in [0.25, 0.3) is 0 Å². The van der Waals surface area contributed by atoms with Crippen LogP contribution in [0, 0.1) is 0 Å². The summed E-state index contributed by atoms with van der Waals surface area (Å²) in [6, 6.07) is 21.7. The molecule has 0 aliphatic carbocycles. The van der Waals surface area contributed by atoms with Gasteiger partial charge >= 0.3 is 0 Å². The standard InChI is InChI=1S/C24H23ClN2O3/c1-30-20-10-7-17(8-11-20)13-14-26-23(28)16-27-22-12-9-19(25)15-21(22)24(29)18-5-3-2-4-6-18/h2-12,15,27H,13-14,16H2,1H3,(H,26,28). The maximum Gasteiger partial charge on any atom is 0.239 e. The number of halogens is 1. The lowest BCUT2D eigenvalue weighted by atomic mass is 10.0. The molecule has 6 heteroatoms. The molecule has 0 fully saturated rings. The summed E-state index contributed by atoms with van der Waals surface area (Å²) in [5, 5.41) is 6.39. The number of ketones is 1. The Morgan fingerprint density at radius 1 is 0.967 bits per heavy atom. The topological polar surface area (TPSA) is 67.4 Å². The maximum absolute atomic E-state index is 12.8. The first-order valence-electron chi connectivity index (χ1n) is 9.59. The van der Waals surface area contributed by atoms with Gasteiger partial charge < -0.3 is 15.4 Å². The number of benzene rings is 3. The van der Waals surface area contributed by atoms with Crippen LogP contribution in [-0.4, -0.2) is 31.9 Å². The number of ether oxygens (including phenoxy) is 1. The van der Waals surface area contributed by atoms with Gasteiger partial charge in [-0.3, -0.25) is 9.59 Å². The van der Waals surface area contributed by atoms with Gasteiger partial charge in [0, 0.05) is 28.4 Å². The third-order valence-corrected chi connectivity index (χ3v) is 4.83. The Hall–Kier alpha value is -3.31. The molecule has 1 amide bonds. The van der Waals surface area contributed by atoms with Crippen LogP contribution in [0.4, 0.5) is 5.69 Å². The maximum atomic E-state index is 12.8. The number of anilines is 1. The van der Waals surface area contributed by atoms with Crippen molar-refractivity contribution in [2.45, 2.75) is 6.42 Å². The number of carbonyl (C=O) groups is 2. The lowest BCUT2D eigenvalue weighted by Gasteiger charge is -2.12. The van der Waals surface area contributed by atoms with Crippen molar-refractivity contribution in [2.24, 2.45) is 0 Å². The van der Waals surface area contributed by atoms with Crippen molar-refractivity contribution in [1.29, 1.82) is 0 Å². The molecule has 0 saturated heterocycles. The molecule has 0 aliphatic rings. The molecule has 0 unspecified atom stereocenters. The van der Waals surface area contributed by atoms with Crippen LogP contribution < -0.4 is 15.4 Å². The van der Waals surface area contributed by atoms with E-state index in [1.54, 1.807) is 49.6 Å². The third-order valence-electron chi connectivity index (χ3n) is 4.60. The number of methoxy groups -OCH3 is 1. The molecule has 3 aromatic rings. The molecule has 0 spiro atoms. The monoisotopic (exact) mass is 422 g/mol. The first kappa shape index (κ1) is 21.4. The second-order valence-electron chi connectivity index (χ2n) is 6.69. The van der Waals surface area contributed by atoms with Gasteiger partial charge in [-0.2, -0.15) is 0 Å². The number of carbonyl (C=O) groups excluding carboxylic acids is 2.